The van der Waals surface area contributed by atoms with Crippen molar-refractivity contribution in [1.29, 1.82) is 0 Å². The van der Waals surface area contributed by atoms with E-state index in [1.807, 2.05) is 12.1 Å². The van der Waals surface area contributed by atoms with Crippen LogP contribution in [0.5, 0.6) is 0 Å². The zero-order chi connectivity index (χ0) is 18.0. The van der Waals surface area contributed by atoms with E-state index in [-0.39, 0.29) is 23.9 Å². The Bertz CT molecular complexity index is 879. The van der Waals surface area contributed by atoms with Gasteiger partial charge >= 0.3 is 0 Å². The Labute approximate surface area is 165 Å². The summed E-state index contributed by atoms with van der Waals surface area (Å²) in [6, 6.07) is 13.6. The summed E-state index contributed by atoms with van der Waals surface area (Å²) in [7, 11) is -3.59. The van der Waals surface area contributed by atoms with Gasteiger partial charge in [0.05, 0.1) is 4.90 Å². The second kappa shape index (κ2) is 7.61. The van der Waals surface area contributed by atoms with E-state index >= 15 is 0 Å². The van der Waals surface area contributed by atoms with Gasteiger partial charge in [-0.25, -0.2) is 8.42 Å². The van der Waals surface area contributed by atoms with E-state index in [9.17, 15) is 13.2 Å². The zero-order valence-corrected chi connectivity index (χ0v) is 17.0. The van der Waals surface area contributed by atoms with Gasteiger partial charge in [0.25, 0.3) is 5.91 Å². The Balaban J connectivity index is 1.69. The van der Waals surface area contributed by atoms with E-state index in [0.29, 0.717) is 23.7 Å². The van der Waals surface area contributed by atoms with E-state index in [2.05, 4.69) is 22.6 Å². The van der Waals surface area contributed by atoms with Crippen molar-refractivity contribution in [3.63, 3.8) is 0 Å². The van der Waals surface area contributed by atoms with Crippen molar-refractivity contribution in [2.24, 2.45) is 0 Å². The average Bonchev–Trinajstić information content (AvgIpc) is 2.62. The highest BCUT2D eigenvalue weighted by atomic mass is 127. The lowest BCUT2D eigenvalue weighted by Gasteiger charge is -2.34. The first kappa shape index (κ1) is 18.6. The Hall–Kier alpha value is -1.16. The lowest BCUT2D eigenvalue weighted by atomic mass is 10.2. The quantitative estimate of drug-likeness (QED) is 0.622. The molecule has 1 aliphatic rings. The number of amides is 1. The number of hydrogen-bond acceptors (Lipinski definition) is 3. The second-order valence-corrected chi connectivity index (χ2v) is 9.28. The predicted molar refractivity (Wildman–Crippen MR) is 105 cm³/mol. The van der Waals surface area contributed by atoms with E-state index in [1.165, 1.54) is 16.4 Å². The van der Waals surface area contributed by atoms with Gasteiger partial charge in [0.15, 0.2) is 0 Å². The smallest absolute Gasteiger partial charge is 0.253 e. The third-order valence-corrected chi connectivity index (χ3v) is 6.90. The van der Waals surface area contributed by atoms with Crippen LogP contribution in [-0.2, 0) is 10.0 Å². The summed E-state index contributed by atoms with van der Waals surface area (Å²) in [5.41, 5.74) is 0.617. The Kier molecular flexibility index (Phi) is 5.67. The van der Waals surface area contributed by atoms with Crippen LogP contribution in [0.1, 0.15) is 10.4 Å². The molecule has 0 radical (unpaired) electrons. The molecule has 25 heavy (non-hydrogen) atoms. The van der Waals surface area contributed by atoms with Crippen LogP contribution in [0.15, 0.2) is 53.4 Å². The lowest BCUT2D eigenvalue weighted by molar-refractivity contribution is 0.0698. The molecule has 1 amide bonds. The third-order valence-electron chi connectivity index (χ3n) is 4.05. The number of nitrogens with zero attached hydrogens (tertiary/aromatic N) is 2. The normalized spacial score (nSPS) is 16.0. The molecule has 0 bridgehead atoms. The van der Waals surface area contributed by atoms with Crippen molar-refractivity contribution < 1.29 is 13.2 Å². The van der Waals surface area contributed by atoms with E-state index in [0.717, 1.165) is 3.57 Å². The average molecular weight is 491 g/mol. The molecule has 2 aromatic carbocycles. The van der Waals surface area contributed by atoms with Gasteiger partial charge in [-0.15, -0.1) is 0 Å². The molecule has 1 saturated heterocycles. The molecule has 132 valence electrons. The molecule has 0 N–H and O–H groups in total. The summed E-state index contributed by atoms with van der Waals surface area (Å²) in [6.45, 7) is 1.27. The minimum Gasteiger partial charge on any atom is -0.336 e. The van der Waals surface area contributed by atoms with Crippen molar-refractivity contribution in [3.05, 3.63) is 62.7 Å². The molecule has 1 heterocycles. The van der Waals surface area contributed by atoms with Gasteiger partial charge in [-0.1, -0.05) is 17.7 Å². The first-order valence-corrected chi connectivity index (χ1v) is 10.6. The molecule has 3 rings (SSSR count). The van der Waals surface area contributed by atoms with Gasteiger partial charge in [0.1, 0.15) is 0 Å². The fraction of sp³-hybridized carbons (Fsp3) is 0.235. The Morgan fingerprint density at radius 1 is 1.00 bits per heavy atom. The monoisotopic (exact) mass is 490 g/mol. The van der Waals surface area contributed by atoms with Gasteiger partial charge in [0, 0.05) is 40.3 Å². The van der Waals surface area contributed by atoms with Gasteiger partial charge in [-0.2, -0.15) is 4.31 Å². The first-order valence-electron chi connectivity index (χ1n) is 7.68. The molecular formula is C17H16ClIN2O3S. The number of hydrogen-bond donors (Lipinski definition) is 0. The maximum Gasteiger partial charge on any atom is 0.253 e. The lowest BCUT2D eigenvalue weighted by Crippen LogP contribution is -2.50. The van der Waals surface area contributed by atoms with Crippen LogP contribution < -0.4 is 0 Å². The van der Waals surface area contributed by atoms with Crippen LogP contribution in [-0.4, -0.2) is 49.7 Å². The fourth-order valence-corrected chi connectivity index (χ4v) is 4.77. The summed E-state index contributed by atoms with van der Waals surface area (Å²) in [5, 5.41) is 0.383. The predicted octanol–water partition coefficient (Wildman–Crippen LogP) is 3.09. The molecule has 0 spiro atoms. The number of benzene rings is 2. The first-order chi connectivity index (χ1) is 11.9. The largest absolute Gasteiger partial charge is 0.336 e. The molecule has 1 fully saturated rings. The molecule has 0 aliphatic carbocycles. The van der Waals surface area contributed by atoms with Gasteiger partial charge in [-0.05, 0) is 65.1 Å². The maximum absolute atomic E-state index is 12.7. The number of sulfonamides is 1. The van der Waals surface area contributed by atoms with E-state index < -0.39 is 10.0 Å². The Morgan fingerprint density at radius 2 is 1.64 bits per heavy atom. The number of rotatable bonds is 3. The minimum absolute atomic E-state index is 0.0730. The zero-order valence-electron chi connectivity index (χ0n) is 13.2. The molecule has 2 aromatic rings. The molecule has 0 saturated carbocycles. The highest BCUT2D eigenvalue weighted by Gasteiger charge is 2.30. The van der Waals surface area contributed by atoms with E-state index in [1.54, 1.807) is 29.2 Å². The Morgan fingerprint density at radius 3 is 2.24 bits per heavy atom. The van der Waals surface area contributed by atoms with Gasteiger partial charge in [0.2, 0.25) is 10.0 Å². The maximum atomic E-state index is 12.7. The van der Waals surface area contributed by atoms with Gasteiger partial charge in [-0.3, -0.25) is 4.79 Å². The number of carbonyl (C=O) groups excluding carboxylic acids is 1. The highest BCUT2D eigenvalue weighted by molar-refractivity contribution is 14.1. The summed E-state index contributed by atoms with van der Waals surface area (Å²) < 4.78 is 27.8. The van der Waals surface area contributed by atoms with Crippen molar-refractivity contribution in [2.45, 2.75) is 4.90 Å². The standard InChI is InChI=1S/C17H16ClIN2O3S/c18-14-2-1-3-16(12-14)25(23,24)21-10-8-20(9-11-21)17(22)13-4-6-15(19)7-5-13/h1-7,12H,8-11H2. The van der Waals surface area contributed by atoms with Crippen molar-refractivity contribution in [3.8, 4) is 0 Å². The molecule has 0 aromatic heterocycles. The summed E-state index contributed by atoms with van der Waals surface area (Å²) in [6.07, 6.45) is 0. The third kappa shape index (κ3) is 4.16. The van der Waals surface area contributed by atoms with Crippen LogP contribution in [0.2, 0.25) is 5.02 Å². The number of piperazine rings is 1. The molecule has 1 aliphatic heterocycles. The van der Waals surface area contributed by atoms with Crippen LogP contribution in [0.4, 0.5) is 0 Å². The number of halogens is 2. The topological polar surface area (TPSA) is 57.7 Å². The van der Waals surface area contributed by atoms with Crippen molar-refractivity contribution in [1.82, 2.24) is 9.21 Å². The highest BCUT2D eigenvalue weighted by Crippen LogP contribution is 2.21. The minimum atomic E-state index is -3.59. The second-order valence-electron chi connectivity index (χ2n) is 5.66. The molecule has 0 unspecified atom stereocenters. The molecule has 5 nitrogen and oxygen atoms in total. The van der Waals surface area contributed by atoms with Crippen molar-refractivity contribution in [2.75, 3.05) is 26.2 Å². The van der Waals surface area contributed by atoms with E-state index in [4.69, 9.17) is 11.6 Å². The fourth-order valence-electron chi connectivity index (χ4n) is 2.68. The van der Waals surface area contributed by atoms with Crippen LogP contribution in [0, 0.1) is 3.57 Å². The summed E-state index contributed by atoms with van der Waals surface area (Å²) in [5.74, 6) is -0.0730. The van der Waals surface area contributed by atoms with Crippen LogP contribution in [0.25, 0.3) is 0 Å². The SMILES string of the molecule is O=C(c1ccc(I)cc1)N1CCN(S(=O)(=O)c2cccc(Cl)c2)CC1. The summed E-state index contributed by atoms with van der Waals surface area (Å²) in [4.78, 5) is 14.4. The molecule has 8 heteroatoms. The van der Waals surface area contributed by atoms with Crippen molar-refractivity contribution >= 4 is 50.1 Å². The number of carbonyl (C=O) groups is 1. The summed E-state index contributed by atoms with van der Waals surface area (Å²) >= 11 is 8.08. The molecule has 0 atom stereocenters. The van der Waals surface area contributed by atoms with Crippen LogP contribution in [0.3, 0.4) is 0 Å². The van der Waals surface area contributed by atoms with Gasteiger partial charge < -0.3 is 4.90 Å². The molecular weight excluding hydrogens is 475 g/mol. The van der Waals surface area contributed by atoms with Crippen LogP contribution >= 0.6 is 34.2 Å².